The van der Waals surface area contributed by atoms with E-state index in [2.05, 4.69) is 37.1 Å². The zero-order valence-corrected chi connectivity index (χ0v) is 11.8. The third-order valence-corrected chi connectivity index (χ3v) is 1.43. The van der Waals surface area contributed by atoms with E-state index < -0.39 is 0 Å². The van der Waals surface area contributed by atoms with Gasteiger partial charge in [0, 0.05) is 11.9 Å². The molecule has 0 aromatic carbocycles. The van der Waals surface area contributed by atoms with Gasteiger partial charge in [-0.15, -0.1) is 0 Å². The quantitative estimate of drug-likeness (QED) is 0.255. The van der Waals surface area contributed by atoms with Crippen molar-refractivity contribution >= 4 is 32.5 Å². The molecule has 0 aliphatic heterocycles. The van der Waals surface area contributed by atoms with Crippen molar-refractivity contribution in [3.05, 3.63) is 35.5 Å². The number of aromatic nitrogens is 1. The summed E-state index contributed by atoms with van der Waals surface area (Å²) in [5.74, 6) is 0. The summed E-state index contributed by atoms with van der Waals surface area (Å²) in [6.07, 6.45) is 1.70. The third kappa shape index (κ3) is 6.68. The molecule has 0 aliphatic carbocycles. The molecule has 4 nitrogen and oxygen atoms in total. The van der Waals surface area contributed by atoms with E-state index in [4.69, 9.17) is 5.73 Å². The van der Waals surface area contributed by atoms with Gasteiger partial charge in [0.25, 0.3) is 0 Å². The first-order valence-electron chi connectivity index (χ1n) is 3.80. The summed E-state index contributed by atoms with van der Waals surface area (Å²) in [5.41, 5.74) is 10.3. The summed E-state index contributed by atoms with van der Waals surface area (Å²) in [6.45, 7) is 1.81. The van der Waals surface area contributed by atoms with Gasteiger partial charge in [-0.25, -0.2) is 0 Å². The Morgan fingerprint density at radius 1 is 1.60 bits per heavy atom. The van der Waals surface area contributed by atoms with Crippen molar-refractivity contribution < 1.29 is 18.8 Å². The van der Waals surface area contributed by atoms with Gasteiger partial charge in [0.2, 0.25) is 0 Å². The van der Waals surface area contributed by atoms with E-state index >= 15 is 0 Å². The molecule has 0 atom stereocenters. The predicted octanol–water partition coefficient (Wildman–Crippen LogP) is 1.19. The van der Waals surface area contributed by atoms with Crippen LogP contribution in [0.25, 0.3) is 5.43 Å². The van der Waals surface area contributed by atoms with Gasteiger partial charge in [-0.05, 0) is 19.1 Å². The van der Waals surface area contributed by atoms with Crippen molar-refractivity contribution in [2.24, 2.45) is 10.8 Å². The first-order chi connectivity index (χ1) is 7.20. The van der Waals surface area contributed by atoms with E-state index in [1.165, 1.54) is 0 Å². The number of nitrogens with two attached hydrogens (primary N) is 1. The molecule has 0 radical (unpaired) electrons. The van der Waals surface area contributed by atoms with Gasteiger partial charge < -0.3 is 10.5 Å². The van der Waals surface area contributed by atoms with Crippen LogP contribution in [0.3, 0.4) is 0 Å². The summed E-state index contributed by atoms with van der Waals surface area (Å²) < 4.78 is 0. The summed E-state index contributed by atoms with van der Waals surface area (Å²) in [7, 11) is 4.61. The van der Waals surface area contributed by atoms with E-state index in [-0.39, 0.29) is 5.11 Å². The van der Waals surface area contributed by atoms with Gasteiger partial charge in [-0.2, -0.15) is 0 Å². The standard InChI is InChI=1S/C8H10N4S.ClH.Pt/c1-6(11-12-8(9)13)7-4-2-3-5-10-7;;/h2-5H,1H3,(H3,9,10,12,13);1H;/q;;+1/p-1. The molecule has 0 unspecified atom stereocenters. The maximum absolute atomic E-state index is 5.21. The molecular formula is C8H10ClN4PtS. The van der Waals surface area contributed by atoms with Crippen molar-refractivity contribution in [2.45, 2.75) is 6.92 Å². The monoisotopic (exact) mass is 424 g/mol. The molecule has 0 fully saturated rings. The van der Waals surface area contributed by atoms with Crippen LogP contribution in [0.5, 0.6) is 0 Å². The predicted molar refractivity (Wildman–Crippen MR) is 63.6 cm³/mol. The van der Waals surface area contributed by atoms with Crippen LogP contribution in [0.15, 0.2) is 29.5 Å². The number of thiol groups is 1. The molecule has 0 bridgehead atoms. The van der Waals surface area contributed by atoms with Crippen LogP contribution < -0.4 is 5.73 Å². The molecule has 1 aromatic rings. The Bertz CT molecular complexity index is 331. The van der Waals surface area contributed by atoms with Gasteiger partial charge >= 0.3 is 28.2 Å². The van der Waals surface area contributed by atoms with Gasteiger partial charge in [0.15, 0.2) is 17.3 Å². The normalized spacial score (nSPS) is 10.1. The first kappa shape index (κ1) is 14.6. The Labute approximate surface area is 109 Å². The van der Waals surface area contributed by atoms with E-state index in [0.717, 1.165) is 5.69 Å². The summed E-state index contributed by atoms with van der Waals surface area (Å²) in [6, 6.07) is 5.57. The molecule has 1 aromatic heterocycles. The fourth-order valence-corrected chi connectivity index (χ4v) is 0.799. The Morgan fingerprint density at radius 2 is 2.27 bits per heavy atom. The number of hydrogen-bond donors (Lipinski definition) is 1. The zero-order valence-electron chi connectivity index (χ0n) is 7.87. The molecule has 0 aliphatic rings. The molecule has 7 heteroatoms. The van der Waals surface area contributed by atoms with Crippen molar-refractivity contribution in [1.29, 1.82) is 0 Å². The summed E-state index contributed by atoms with van der Waals surface area (Å²) in [4.78, 5) is 4.09. The maximum atomic E-state index is 5.21. The van der Waals surface area contributed by atoms with Gasteiger partial charge in [-0.3, -0.25) is 10.7 Å². The third-order valence-electron chi connectivity index (χ3n) is 1.34. The Balaban J connectivity index is 0.000000921. The Morgan fingerprint density at radius 3 is 2.73 bits per heavy atom. The molecule has 15 heavy (non-hydrogen) atoms. The van der Waals surface area contributed by atoms with Gasteiger partial charge in [-0.1, -0.05) is 6.07 Å². The van der Waals surface area contributed by atoms with Crippen LogP contribution in [0.1, 0.15) is 12.6 Å². The van der Waals surface area contributed by atoms with Crippen LogP contribution in [0, 0.1) is 0 Å². The van der Waals surface area contributed by atoms with Crippen LogP contribution >= 0.6 is 9.42 Å². The topological polar surface area (TPSA) is 65.4 Å². The average molecular weight is 425 g/mol. The van der Waals surface area contributed by atoms with Crippen LogP contribution in [-0.4, -0.2) is 15.8 Å². The minimum atomic E-state index is 0.135. The molecule has 85 valence electrons. The van der Waals surface area contributed by atoms with E-state index in [1.807, 2.05) is 25.1 Å². The van der Waals surface area contributed by atoms with Gasteiger partial charge in [0.1, 0.15) is 0 Å². The molecule has 0 spiro atoms. The van der Waals surface area contributed by atoms with E-state index in [0.29, 0.717) is 5.71 Å². The van der Waals surface area contributed by atoms with Crippen molar-refractivity contribution in [2.75, 3.05) is 0 Å². The molecule has 0 saturated carbocycles. The second-order valence-electron chi connectivity index (χ2n) is 2.36. The average Bonchev–Trinajstić information content (AvgIpc) is 2.30. The second-order valence-corrected chi connectivity index (χ2v) is 2.82. The molecule has 0 saturated heterocycles. The number of rotatable bonds is 2. The minimum absolute atomic E-state index is 0.135. The van der Waals surface area contributed by atoms with Gasteiger partial charge in [0.05, 0.1) is 5.69 Å². The Hall–Kier alpha value is -0.352. The fourth-order valence-electron chi connectivity index (χ4n) is 0.754. The summed E-state index contributed by atoms with van der Waals surface area (Å²) in [5, 5.41) is 3.97. The molecule has 1 heterocycles. The molecule has 0 amide bonds. The zero-order chi connectivity index (χ0) is 11.7. The van der Waals surface area contributed by atoms with Crippen LogP contribution in [0.2, 0.25) is 0 Å². The van der Waals surface area contributed by atoms with E-state index in [9.17, 15) is 0 Å². The first-order valence-corrected chi connectivity index (χ1v) is 7.06. The van der Waals surface area contributed by atoms with Crippen molar-refractivity contribution in [3.8, 4) is 0 Å². The van der Waals surface area contributed by atoms with Crippen LogP contribution in [0.4, 0.5) is 0 Å². The summed E-state index contributed by atoms with van der Waals surface area (Å²) >= 11 is 5.40. The molecular weight excluding hydrogens is 415 g/mol. The van der Waals surface area contributed by atoms with E-state index in [1.54, 1.807) is 25.0 Å². The number of halogens is 1. The number of pyridine rings is 1. The molecule has 1 rings (SSSR count). The van der Waals surface area contributed by atoms with Crippen molar-refractivity contribution in [1.82, 2.24) is 4.98 Å². The molecule has 2 N–H and O–H groups in total. The SMILES string of the molecule is CC(=N[N-]C(N)=[SH+])c1ccccn1.[Cl][Pt]. The van der Waals surface area contributed by atoms with Crippen LogP contribution in [-0.2, 0) is 31.0 Å². The van der Waals surface area contributed by atoms with Crippen molar-refractivity contribution in [3.63, 3.8) is 0 Å². The Kier molecular flexibility index (Phi) is 8.71. The fraction of sp³-hybridized carbons (Fsp3) is 0.125. The number of nitrogens with zero attached hydrogens (tertiary/aromatic N) is 3. The second kappa shape index (κ2) is 8.92. The number of hydrogen-bond acceptors (Lipinski definition) is 2.